The summed E-state index contributed by atoms with van der Waals surface area (Å²) >= 11 is 0. The first-order valence-corrected chi connectivity index (χ1v) is 11.5. The molecule has 3 N–H and O–H groups in total. The monoisotopic (exact) mass is 486 g/mol. The lowest BCUT2D eigenvalue weighted by molar-refractivity contribution is -0.129. The molecule has 1 heterocycles. The molecule has 1 aliphatic carbocycles. The molecule has 10 heteroatoms. The zero-order valence-corrected chi connectivity index (χ0v) is 19.4. The van der Waals surface area contributed by atoms with Gasteiger partial charge in [0, 0.05) is 42.4 Å². The Balaban J connectivity index is 1.63. The van der Waals surface area contributed by atoms with Crippen molar-refractivity contribution < 1.29 is 27.9 Å². The second kappa shape index (κ2) is 10.4. The average molecular weight is 487 g/mol. The van der Waals surface area contributed by atoms with Crippen LogP contribution in [0.1, 0.15) is 46.4 Å². The first kappa shape index (κ1) is 24.6. The lowest BCUT2D eigenvalue weighted by Crippen LogP contribution is -2.56. The molecule has 0 spiro atoms. The maximum Gasteiger partial charge on any atom is 0.264 e. The SMILES string of the molecule is COc1cccc(C(=O)N2CCN(C(=O)c3cc(F)cc(F)c3)C2C(=O)NC2CCC(N)CC2)c1. The molecule has 2 aliphatic rings. The van der Waals surface area contributed by atoms with Gasteiger partial charge in [-0.05, 0) is 56.0 Å². The highest BCUT2D eigenvalue weighted by Gasteiger charge is 2.44. The van der Waals surface area contributed by atoms with Crippen LogP contribution in [0.4, 0.5) is 8.78 Å². The predicted molar refractivity (Wildman–Crippen MR) is 124 cm³/mol. The van der Waals surface area contributed by atoms with Gasteiger partial charge in [0.15, 0.2) is 6.17 Å². The fourth-order valence-electron chi connectivity index (χ4n) is 4.64. The molecular formula is C25H28F2N4O4. The van der Waals surface area contributed by atoms with Crippen molar-refractivity contribution in [1.82, 2.24) is 15.1 Å². The largest absolute Gasteiger partial charge is 0.497 e. The highest BCUT2D eigenvalue weighted by molar-refractivity contribution is 6.02. The van der Waals surface area contributed by atoms with Crippen LogP contribution in [0.25, 0.3) is 0 Å². The van der Waals surface area contributed by atoms with Crippen molar-refractivity contribution >= 4 is 17.7 Å². The van der Waals surface area contributed by atoms with Crippen LogP contribution in [0.15, 0.2) is 42.5 Å². The van der Waals surface area contributed by atoms with Crippen LogP contribution < -0.4 is 15.8 Å². The molecule has 0 radical (unpaired) electrons. The summed E-state index contributed by atoms with van der Waals surface area (Å²) in [4.78, 5) is 42.6. The van der Waals surface area contributed by atoms with Gasteiger partial charge in [0.25, 0.3) is 17.7 Å². The number of hydrogen-bond donors (Lipinski definition) is 2. The second-order valence-corrected chi connectivity index (χ2v) is 8.88. The van der Waals surface area contributed by atoms with Crippen LogP contribution >= 0.6 is 0 Å². The molecule has 0 aromatic heterocycles. The quantitative estimate of drug-likeness (QED) is 0.675. The average Bonchev–Trinajstić information content (AvgIpc) is 3.29. The van der Waals surface area contributed by atoms with E-state index < -0.39 is 35.5 Å². The summed E-state index contributed by atoms with van der Waals surface area (Å²) < 4.78 is 32.8. The van der Waals surface area contributed by atoms with Crippen molar-refractivity contribution in [3.05, 3.63) is 65.2 Å². The Bertz CT molecular complexity index is 1100. The van der Waals surface area contributed by atoms with Crippen molar-refractivity contribution in [2.45, 2.75) is 43.9 Å². The van der Waals surface area contributed by atoms with Crippen molar-refractivity contribution in [3.8, 4) is 5.75 Å². The molecule has 1 saturated carbocycles. The van der Waals surface area contributed by atoms with Gasteiger partial charge in [0.1, 0.15) is 17.4 Å². The maximum absolute atomic E-state index is 13.8. The van der Waals surface area contributed by atoms with Crippen LogP contribution in [-0.4, -0.2) is 66.0 Å². The van der Waals surface area contributed by atoms with E-state index in [0.717, 1.165) is 25.0 Å². The minimum atomic E-state index is -1.27. The van der Waals surface area contributed by atoms with Crippen LogP contribution in [0.5, 0.6) is 5.75 Å². The van der Waals surface area contributed by atoms with Crippen molar-refractivity contribution in [2.24, 2.45) is 5.73 Å². The molecular weight excluding hydrogens is 458 g/mol. The second-order valence-electron chi connectivity index (χ2n) is 8.88. The topological polar surface area (TPSA) is 105 Å². The van der Waals surface area contributed by atoms with E-state index in [9.17, 15) is 23.2 Å². The normalized spacial score (nSPS) is 22.1. The summed E-state index contributed by atoms with van der Waals surface area (Å²) in [6.07, 6.45) is 1.61. The number of nitrogens with zero attached hydrogens (tertiary/aromatic N) is 2. The minimum absolute atomic E-state index is 0.0281. The molecule has 1 aliphatic heterocycles. The van der Waals surface area contributed by atoms with Crippen LogP contribution in [0, 0.1) is 11.6 Å². The Morgan fingerprint density at radius 2 is 1.51 bits per heavy atom. The number of amides is 3. The van der Waals surface area contributed by atoms with Gasteiger partial charge < -0.3 is 25.6 Å². The number of rotatable bonds is 5. The first-order valence-electron chi connectivity index (χ1n) is 11.5. The minimum Gasteiger partial charge on any atom is -0.497 e. The zero-order chi connectivity index (χ0) is 25.1. The molecule has 8 nitrogen and oxygen atoms in total. The van der Waals surface area contributed by atoms with E-state index in [4.69, 9.17) is 10.5 Å². The smallest absolute Gasteiger partial charge is 0.264 e. The van der Waals surface area contributed by atoms with Gasteiger partial charge in [-0.2, -0.15) is 0 Å². The van der Waals surface area contributed by atoms with Gasteiger partial charge in [0.05, 0.1) is 7.11 Å². The van der Waals surface area contributed by atoms with Crippen LogP contribution in [0.3, 0.4) is 0 Å². The predicted octanol–water partition coefficient (Wildman–Crippen LogP) is 2.28. The highest BCUT2D eigenvalue weighted by Crippen LogP contribution is 2.25. The number of benzene rings is 2. The molecule has 186 valence electrons. The van der Waals surface area contributed by atoms with Crippen molar-refractivity contribution in [2.75, 3.05) is 20.2 Å². The van der Waals surface area contributed by atoms with Gasteiger partial charge in [0.2, 0.25) is 0 Å². The molecule has 0 bridgehead atoms. The van der Waals surface area contributed by atoms with Gasteiger partial charge in [-0.25, -0.2) is 8.78 Å². The number of nitrogens with one attached hydrogen (secondary N) is 1. The van der Waals surface area contributed by atoms with Gasteiger partial charge in [-0.3, -0.25) is 14.4 Å². The lowest BCUT2D eigenvalue weighted by Gasteiger charge is -2.33. The van der Waals surface area contributed by atoms with E-state index in [1.54, 1.807) is 24.3 Å². The number of ether oxygens (including phenoxy) is 1. The summed E-state index contributed by atoms with van der Waals surface area (Å²) in [6.45, 7) is 0.105. The van der Waals surface area contributed by atoms with Gasteiger partial charge >= 0.3 is 0 Å². The third kappa shape index (κ3) is 5.43. The van der Waals surface area contributed by atoms with Gasteiger partial charge in [-0.1, -0.05) is 6.07 Å². The Kier molecular flexibility index (Phi) is 7.30. The Morgan fingerprint density at radius 1 is 0.914 bits per heavy atom. The molecule has 1 saturated heterocycles. The van der Waals surface area contributed by atoms with E-state index in [0.29, 0.717) is 24.7 Å². The molecule has 3 amide bonds. The molecule has 1 unspecified atom stereocenters. The number of methoxy groups -OCH3 is 1. The Morgan fingerprint density at radius 3 is 2.11 bits per heavy atom. The molecule has 2 aromatic rings. The summed E-state index contributed by atoms with van der Waals surface area (Å²) in [5, 5.41) is 2.94. The van der Waals surface area contributed by atoms with E-state index in [1.165, 1.54) is 16.9 Å². The molecule has 35 heavy (non-hydrogen) atoms. The number of nitrogens with two attached hydrogens (primary N) is 1. The zero-order valence-electron chi connectivity index (χ0n) is 19.4. The van der Waals surface area contributed by atoms with Crippen molar-refractivity contribution in [1.29, 1.82) is 0 Å². The maximum atomic E-state index is 13.8. The molecule has 4 rings (SSSR count). The molecule has 2 aromatic carbocycles. The van der Waals surface area contributed by atoms with Crippen LogP contribution in [-0.2, 0) is 4.79 Å². The summed E-state index contributed by atoms with van der Waals surface area (Å²) in [5.74, 6) is -3.07. The number of halogens is 2. The Labute approximate surface area is 202 Å². The fraction of sp³-hybridized carbons (Fsp3) is 0.400. The van der Waals surface area contributed by atoms with E-state index in [1.807, 2.05) is 0 Å². The van der Waals surface area contributed by atoms with E-state index in [-0.39, 0.29) is 36.3 Å². The number of carbonyl (C=O) groups excluding carboxylic acids is 3. The summed E-state index contributed by atoms with van der Waals surface area (Å²) in [5.41, 5.74) is 6.01. The highest BCUT2D eigenvalue weighted by atomic mass is 19.1. The van der Waals surface area contributed by atoms with Gasteiger partial charge in [-0.15, -0.1) is 0 Å². The third-order valence-electron chi connectivity index (χ3n) is 6.47. The van der Waals surface area contributed by atoms with Crippen LogP contribution in [0.2, 0.25) is 0 Å². The number of hydrogen-bond acceptors (Lipinski definition) is 5. The van der Waals surface area contributed by atoms with E-state index in [2.05, 4.69) is 5.32 Å². The first-order chi connectivity index (χ1) is 16.8. The summed E-state index contributed by atoms with van der Waals surface area (Å²) in [7, 11) is 1.48. The van der Waals surface area contributed by atoms with E-state index >= 15 is 0 Å². The lowest BCUT2D eigenvalue weighted by atomic mass is 9.92. The summed E-state index contributed by atoms with van der Waals surface area (Å²) in [6, 6.07) is 8.92. The molecule has 1 atom stereocenters. The third-order valence-corrected chi connectivity index (χ3v) is 6.47. The Hall–Kier alpha value is -3.53. The number of carbonyl (C=O) groups is 3. The fourth-order valence-corrected chi connectivity index (χ4v) is 4.64. The standard InChI is InChI=1S/C25H28F2N4O4/c1-35-21-4-2-3-15(13-21)24(33)30-9-10-31(25(34)16-11-17(26)14-18(27)12-16)23(30)22(32)29-20-7-5-19(28)6-8-20/h2-4,11-14,19-20,23H,5-10,28H2,1H3,(H,29,32). The molecule has 2 fully saturated rings. The van der Waals surface area contributed by atoms with Crippen molar-refractivity contribution in [3.63, 3.8) is 0 Å².